The summed E-state index contributed by atoms with van der Waals surface area (Å²) in [6.45, 7) is 3.89. The number of benzene rings is 1. The van der Waals surface area contributed by atoms with E-state index in [1.165, 1.54) is 11.8 Å². The van der Waals surface area contributed by atoms with Gasteiger partial charge in [-0.2, -0.15) is 0 Å². The van der Waals surface area contributed by atoms with Gasteiger partial charge < -0.3 is 4.57 Å². The summed E-state index contributed by atoms with van der Waals surface area (Å²) in [7, 11) is 1.90. The number of carbonyl (C=O) groups excluding carboxylic acids is 1. The Labute approximate surface area is 110 Å². The van der Waals surface area contributed by atoms with E-state index in [0.717, 1.165) is 22.1 Å². The molecule has 1 heterocycles. The maximum Gasteiger partial charge on any atom is 0.191 e. The lowest BCUT2D eigenvalue weighted by Crippen LogP contribution is -2.03. The van der Waals surface area contributed by atoms with E-state index in [-0.39, 0.29) is 5.78 Å². The zero-order chi connectivity index (χ0) is 13.1. The molecule has 2 aromatic rings. The van der Waals surface area contributed by atoms with Crippen LogP contribution < -0.4 is 0 Å². The first-order chi connectivity index (χ1) is 8.58. The molecule has 1 aromatic heterocycles. The van der Waals surface area contributed by atoms with Crippen molar-refractivity contribution in [2.75, 3.05) is 5.75 Å². The van der Waals surface area contributed by atoms with Crippen LogP contribution in [0, 0.1) is 13.8 Å². The Morgan fingerprint density at radius 2 is 1.89 bits per heavy atom. The molecule has 0 fully saturated rings. The van der Waals surface area contributed by atoms with Crippen molar-refractivity contribution in [2.45, 2.75) is 19.0 Å². The molecular formula is C13H15N3OS. The molecule has 2 rings (SSSR count). The number of carbonyl (C=O) groups is 1. The van der Waals surface area contributed by atoms with Crippen LogP contribution in [0.4, 0.5) is 0 Å². The van der Waals surface area contributed by atoms with Crippen molar-refractivity contribution in [3.63, 3.8) is 0 Å². The van der Waals surface area contributed by atoms with Gasteiger partial charge in [0, 0.05) is 12.6 Å². The molecule has 0 saturated heterocycles. The van der Waals surface area contributed by atoms with Gasteiger partial charge in [0.05, 0.1) is 5.75 Å². The molecule has 0 unspecified atom stereocenters. The third kappa shape index (κ3) is 2.79. The van der Waals surface area contributed by atoms with E-state index in [0.29, 0.717) is 5.75 Å². The molecule has 0 spiro atoms. The Morgan fingerprint density at radius 1 is 1.22 bits per heavy atom. The molecule has 0 aliphatic rings. The minimum atomic E-state index is 0.112. The third-order valence-electron chi connectivity index (χ3n) is 2.76. The number of hydrogen-bond acceptors (Lipinski definition) is 4. The summed E-state index contributed by atoms with van der Waals surface area (Å²) in [5.41, 5.74) is 1.90. The number of nitrogens with zero attached hydrogens (tertiary/aromatic N) is 3. The fourth-order valence-electron chi connectivity index (χ4n) is 1.47. The normalized spacial score (nSPS) is 10.6. The number of aromatic nitrogens is 3. The van der Waals surface area contributed by atoms with Gasteiger partial charge in [0.25, 0.3) is 0 Å². The summed E-state index contributed by atoms with van der Waals surface area (Å²) in [5, 5.41) is 8.75. The second-order valence-electron chi connectivity index (χ2n) is 4.17. The Bertz CT molecular complexity index is 560. The van der Waals surface area contributed by atoms with E-state index < -0.39 is 0 Å². The highest BCUT2D eigenvalue weighted by atomic mass is 32.2. The van der Waals surface area contributed by atoms with Gasteiger partial charge in [0.15, 0.2) is 10.9 Å². The molecule has 18 heavy (non-hydrogen) atoms. The van der Waals surface area contributed by atoms with E-state index in [2.05, 4.69) is 10.2 Å². The average molecular weight is 261 g/mol. The number of ketones is 1. The van der Waals surface area contributed by atoms with Crippen LogP contribution in [0.5, 0.6) is 0 Å². The summed E-state index contributed by atoms with van der Waals surface area (Å²) < 4.78 is 1.88. The number of hydrogen-bond donors (Lipinski definition) is 0. The fourth-order valence-corrected chi connectivity index (χ4v) is 2.32. The second kappa shape index (κ2) is 5.35. The topological polar surface area (TPSA) is 47.8 Å². The summed E-state index contributed by atoms with van der Waals surface area (Å²) in [6, 6.07) is 7.62. The van der Waals surface area contributed by atoms with Crippen molar-refractivity contribution in [1.29, 1.82) is 0 Å². The first-order valence-corrected chi connectivity index (χ1v) is 6.65. The van der Waals surface area contributed by atoms with Gasteiger partial charge in [0.2, 0.25) is 0 Å². The minimum absolute atomic E-state index is 0.112. The summed E-state index contributed by atoms with van der Waals surface area (Å²) in [6.07, 6.45) is 0. The molecule has 0 amide bonds. The maximum absolute atomic E-state index is 12.0. The van der Waals surface area contributed by atoms with Gasteiger partial charge in [-0.3, -0.25) is 4.79 Å². The monoisotopic (exact) mass is 261 g/mol. The summed E-state index contributed by atoms with van der Waals surface area (Å²) in [5.74, 6) is 1.34. The van der Waals surface area contributed by atoms with Crippen LogP contribution in [0.3, 0.4) is 0 Å². The highest BCUT2D eigenvalue weighted by molar-refractivity contribution is 7.99. The molecular weight excluding hydrogens is 246 g/mol. The molecule has 0 aliphatic carbocycles. The Balaban J connectivity index is 2.00. The smallest absolute Gasteiger partial charge is 0.191 e. The molecule has 0 bridgehead atoms. The largest absolute Gasteiger partial charge is 0.309 e. The van der Waals surface area contributed by atoms with Crippen molar-refractivity contribution in [2.24, 2.45) is 7.05 Å². The van der Waals surface area contributed by atoms with Crippen LogP contribution in [0.1, 0.15) is 21.7 Å². The van der Waals surface area contributed by atoms with Crippen LogP contribution >= 0.6 is 11.8 Å². The zero-order valence-corrected chi connectivity index (χ0v) is 11.5. The highest BCUT2D eigenvalue weighted by Gasteiger charge is 2.10. The molecule has 0 N–H and O–H groups in total. The van der Waals surface area contributed by atoms with Crippen LogP contribution in [-0.4, -0.2) is 26.3 Å². The first kappa shape index (κ1) is 12.8. The van der Waals surface area contributed by atoms with Crippen molar-refractivity contribution in [3.05, 3.63) is 41.2 Å². The fraction of sp³-hybridized carbons (Fsp3) is 0.308. The van der Waals surface area contributed by atoms with E-state index in [9.17, 15) is 4.79 Å². The van der Waals surface area contributed by atoms with E-state index >= 15 is 0 Å². The standard InChI is InChI=1S/C13H15N3OS/c1-9-4-6-11(7-5-9)12(17)8-18-13-15-14-10(2)16(13)3/h4-7H,8H2,1-3H3. The molecule has 1 aromatic carbocycles. The van der Waals surface area contributed by atoms with Gasteiger partial charge in [-0.05, 0) is 13.8 Å². The van der Waals surface area contributed by atoms with Gasteiger partial charge >= 0.3 is 0 Å². The van der Waals surface area contributed by atoms with E-state index in [1.807, 2.05) is 49.7 Å². The third-order valence-corrected chi connectivity index (χ3v) is 3.78. The zero-order valence-electron chi connectivity index (χ0n) is 10.7. The minimum Gasteiger partial charge on any atom is -0.309 e. The molecule has 0 saturated carbocycles. The van der Waals surface area contributed by atoms with Gasteiger partial charge in [-0.25, -0.2) is 0 Å². The van der Waals surface area contributed by atoms with Crippen molar-refractivity contribution in [3.8, 4) is 0 Å². The second-order valence-corrected chi connectivity index (χ2v) is 5.11. The van der Waals surface area contributed by atoms with Crippen molar-refractivity contribution in [1.82, 2.24) is 14.8 Å². The van der Waals surface area contributed by atoms with Gasteiger partial charge in [-0.15, -0.1) is 10.2 Å². The lowest BCUT2D eigenvalue weighted by molar-refractivity contribution is 0.102. The first-order valence-electron chi connectivity index (χ1n) is 5.66. The van der Waals surface area contributed by atoms with Crippen LogP contribution in [0.15, 0.2) is 29.4 Å². The van der Waals surface area contributed by atoms with E-state index in [4.69, 9.17) is 0 Å². The average Bonchev–Trinajstić information content (AvgIpc) is 2.68. The highest BCUT2D eigenvalue weighted by Crippen LogP contribution is 2.17. The van der Waals surface area contributed by atoms with E-state index in [1.54, 1.807) is 0 Å². The summed E-state index contributed by atoms with van der Waals surface area (Å²) in [4.78, 5) is 12.0. The molecule has 0 aliphatic heterocycles. The Morgan fingerprint density at radius 3 is 2.44 bits per heavy atom. The number of Topliss-reactive ketones (excluding diaryl/α,β-unsaturated/α-hetero) is 1. The number of rotatable bonds is 4. The Hall–Kier alpha value is -1.62. The van der Waals surface area contributed by atoms with Gasteiger partial charge in [-0.1, -0.05) is 41.6 Å². The SMILES string of the molecule is Cc1ccc(C(=O)CSc2nnc(C)n2C)cc1. The lowest BCUT2D eigenvalue weighted by Gasteiger charge is -2.02. The maximum atomic E-state index is 12.0. The van der Waals surface area contributed by atoms with Crippen LogP contribution in [0.2, 0.25) is 0 Å². The molecule has 0 atom stereocenters. The Kier molecular flexibility index (Phi) is 3.81. The van der Waals surface area contributed by atoms with Crippen LogP contribution in [0.25, 0.3) is 0 Å². The predicted octanol–water partition coefficient (Wildman–Crippen LogP) is 2.41. The van der Waals surface area contributed by atoms with Crippen LogP contribution in [-0.2, 0) is 7.05 Å². The molecule has 0 radical (unpaired) electrons. The lowest BCUT2D eigenvalue weighted by atomic mass is 10.1. The van der Waals surface area contributed by atoms with Crippen molar-refractivity contribution >= 4 is 17.5 Å². The van der Waals surface area contributed by atoms with Crippen molar-refractivity contribution < 1.29 is 4.79 Å². The molecule has 5 heteroatoms. The number of thioether (sulfide) groups is 1. The van der Waals surface area contributed by atoms with Gasteiger partial charge in [0.1, 0.15) is 5.82 Å². The molecule has 94 valence electrons. The summed E-state index contributed by atoms with van der Waals surface area (Å²) >= 11 is 1.41. The molecule has 4 nitrogen and oxygen atoms in total. The quantitative estimate of drug-likeness (QED) is 0.626. The number of aryl methyl sites for hydroxylation is 2. The predicted molar refractivity (Wildman–Crippen MR) is 72.0 cm³/mol.